The fourth-order valence-electron chi connectivity index (χ4n) is 3.34. The number of benzene rings is 2. The Morgan fingerprint density at radius 3 is 2.62 bits per heavy atom. The molecule has 0 spiro atoms. The van der Waals surface area contributed by atoms with Crippen LogP contribution in [0.2, 0.25) is 0 Å². The van der Waals surface area contributed by atoms with Crippen molar-refractivity contribution in [2.45, 2.75) is 30.4 Å². The lowest BCUT2D eigenvalue weighted by atomic mass is 10.2. The molecule has 0 radical (unpaired) electrons. The molecular weight excluding hydrogens is 405 g/mol. The molecule has 4 rings (SSSR count). The third kappa shape index (κ3) is 4.97. The van der Waals surface area contributed by atoms with Crippen LogP contribution >= 0.6 is 23.1 Å². The molecule has 1 aromatic heterocycles. The van der Waals surface area contributed by atoms with E-state index in [1.807, 2.05) is 24.0 Å². The van der Waals surface area contributed by atoms with Crippen LogP contribution in [0.4, 0.5) is 15.8 Å². The Morgan fingerprint density at radius 2 is 1.97 bits per heavy atom. The molecule has 0 atom stereocenters. The molecule has 0 saturated carbocycles. The van der Waals surface area contributed by atoms with Gasteiger partial charge in [0.1, 0.15) is 5.82 Å². The van der Waals surface area contributed by atoms with Gasteiger partial charge in [0.15, 0.2) is 0 Å². The van der Waals surface area contributed by atoms with Crippen LogP contribution in [0.3, 0.4) is 0 Å². The number of halogens is 1. The van der Waals surface area contributed by atoms with E-state index in [4.69, 9.17) is 0 Å². The Balaban J connectivity index is 1.36. The second-order valence-electron chi connectivity index (χ2n) is 6.99. The fraction of sp³-hybridized carbons (Fsp3) is 0.273. The van der Waals surface area contributed by atoms with Gasteiger partial charge in [-0.15, -0.1) is 23.1 Å². The van der Waals surface area contributed by atoms with Gasteiger partial charge in [0.05, 0.1) is 16.4 Å². The Morgan fingerprint density at radius 1 is 1.21 bits per heavy atom. The normalized spacial score (nSPS) is 13.7. The van der Waals surface area contributed by atoms with E-state index in [-0.39, 0.29) is 11.7 Å². The zero-order chi connectivity index (χ0) is 20.2. The molecule has 1 aliphatic heterocycles. The van der Waals surface area contributed by atoms with Gasteiger partial charge in [-0.25, -0.2) is 9.37 Å². The number of nitrogens with one attached hydrogen (secondary N) is 1. The molecule has 0 aliphatic carbocycles. The first-order chi connectivity index (χ1) is 14.1. The Labute approximate surface area is 178 Å². The molecular formula is C22H22FN3OS2. The lowest BCUT2D eigenvalue weighted by molar-refractivity contribution is 0.102. The Bertz CT molecular complexity index is 998. The van der Waals surface area contributed by atoms with E-state index in [2.05, 4.69) is 15.7 Å². The van der Waals surface area contributed by atoms with Crippen molar-refractivity contribution in [3.8, 4) is 0 Å². The van der Waals surface area contributed by atoms with Gasteiger partial charge >= 0.3 is 0 Å². The second-order valence-corrected chi connectivity index (χ2v) is 9.10. The van der Waals surface area contributed by atoms with Gasteiger partial charge in [-0.3, -0.25) is 4.79 Å². The lowest BCUT2D eigenvalue weighted by Crippen LogP contribution is -2.19. The highest BCUT2D eigenvalue weighted by Gasteiger charge is 2.17. The number of rotatable bonds is 6. The van der Waals surface area contributed by atoms with Crippen LogP contribution < -0.4 is 10.2 Å². The number of amides is 1. The summed E-state index contributed by atoms with van der Waals surface area (Å²) < 4.78 is 14.4. The van der Waals surface area contributed by atoms with E-state index in [9.17, 15) is 9.18 Å². The van der Waals surface area contributed by atoms with Crippen LogP contribution in [0.1, 0.15) is 33.9 Å². The largest absolute Gasteiger partial charge is 0.369 e. The highest BCUT2D eigenvalue weighted by molar-refractivity contribution is 7.98. The predicted molar refractivity (Wildman–Crippen MR) is 119 cm³/mol. The average Bonchev–Trinajstić information content (AvgIpc) is 3.39. The number of thioether (sulfide) groups is 1. The molecule has 1 N–H and O–H groups in total. The standard InChI is InChI=1S/C22H22FN3OS2/c1-15-24-18(13-28-15)14-29-19-7-4-16(5-8-19)22(27)25-17-6-9-21(20(23)12-17)26-10-2-3-11-26/h4-9,12-13H,2-3,10-11,14H2,1H3,(H,25,27). The van der Waals surface area contributed by atoms with Gasteiger partial charge in [-0.05, 0) is 62.2 Å². The minimum Gasteiger partial charge on any atom is -0.369 e. The SMILES string of the molecule is Cc1nc(CSc2ccc(C(=O)Nc3ccc(N4CCCC4)c(F)c3)cc2)cs1. The van der Waals surface area contributed by atoms with Crippen molar-refractivity contribution in [3.63, 3.8) is 0 Å². The second kappa shape index (κ2) is 8.97. The third-order valence-electron chi connectivity index (χ3n) is 4.82. The predicted octanol–water partition coefficient (Wildman–Crippen LogP) is 5.74. The monoisotopic (exact) mass is 427 g/mol. The van der Waals surface area contributed by atoms with Gasteiger partial charge in [-0.1, -0.05) is 0 Å². The first-order valence-corrected chi connectivity index (χ1v) is 11.4. The van der Waals surface area contributed by atoms with Crippen LogP contribution in [-0.2, 0) is 5.75 Å². The molecule has 4 nitrogen and oxygen atoms in total. The third-order valence-corrected chi connectivity index (χ3v) is 6.69. The van der Waals surface area contributed by atoms with Gasteiger partial charge in [0.2, 0.25) is 0 Å². The van der Waals surface area contributed by atoms with Crippen LogP contribution in [0.5, 0.6) is 0 Å². The highest BCUT2D eigenvalue weighted by Crippen LogP contribution is 2.27. The molecule has 1 aliphatic rings. The van der Waals surface area contributed by atoms with E-state index in [1.165, 1.54) is 6.07 Å². The quantitative estimate of drug-likeness (QED) is 0.510. The Kier molecular flexibility index (Phi) is 6.16. The molecule has 150 valence electrons. The van der Waals surface area contributed by atoms with Gasteiger partial charge < -0.3 is 10.2 Å². The summed E-state index contributed by atoms with van der Waals surface area (Å²) in [5, 5.41) is 5.92. The van der Waals surface area contributed by atoms with E-state index < -0.39 is 0 Å². The molecule has 7 heteroatoms. The molecule has 0 bridgehead atoms. The summed E-state index contributed by atoms with van der Waals surface area (Å²) in [6.45, 7) is 3.77. The highest BCUT2D eigenvalue weighted by atomic mass is 32.2. The number of hydrogen-bond acceptors (Lipinski definition) is 5. The zero-order valence-corrected chi connectivity index (χ0v) is 17.8. The van der Waals surface area contributed by atoms with Gasteiger partial charge in [0.25, 0.3) is 5.91 Å². The number of aryl methyl sites for hydroxylation is 1. The number of anilines is 2. The van der Waals surface area contributed by atoms with E-state index in [0.29, 0.717) is 16.9 Å². The minimum atomic E-state index is -0.297. The summed E-state index contributed by atoms with van der Waals surface area (Å²) in [5.41, 5.74) is 2.69. The van der Waals surface area contributed by atoms with Crippen LogP contribution in [0, 0.1) is 12.7 Å². The minimum absolute atomic E-state index is 0.245. The van der Waals surface area contributed by atoms with Crippen molar-refractivity contribution in [2.75, 3.05) is 23.3 Å². The van der Waals surface area contributed by atoms with E-state index in [0.717, 1.165) is 47.3 Å². The van der Waals surface area contributed by atoms with Crippen molar-refractivity contribution in [1.29, 1.82) is 0 Å². The maximum absolute atomic E-state index is 14.4. The number of thiazole rings is 1. The zero-order valence-electron chi connectivity index (χ0n) is 16.2. The maximum Gasteiger partial charge on any atom is 0.255 e. The molecule has 29 heavy (non-hydrogen) atoms. The molecule has 2 aromatic carbocycles. The summed E-state index contributed by atoms with van der Waals surface area (Å²) in [7, 11) is 0. The maximum atomic E-state index is 14.4. The van der Waals surface area contributed by atoms with Crippen LogP contribution in [-0.4, -0.2) is 24.0 Å². The number of hydrogen-bond donors (Lipinski definition) is 1. The lowest BCUT2D eigenvalue weighted by Gasteiger charge is -2.18. The number of aromatic nitrogens is 1. The number of carbonyl (C=O) groups excluding carboxylic acids is 1. The smallest absolute Gasteiger partial charge is 0.255 e. The summed E-state index contributed by atoms with van der Waals surface area (Å²) in [5.74, 6) is 0.261. The first kappa shape index (κ1) is 19.9. The fourth-order valence-corrected chi connectivity index (χ4v) is 4.85. The van der Waals surface area contributed by atoms with Crippen molar-refractivity contribution >= 4 is 40.4 Å². The summed E-state index contributed by atoms with van der Waals surface area (Å²) in [6, 6.07) is 12.3. The number of carbonyl (C=O) groups is 1. The van der Waals surface area contributed by atoms with Crippen molar-refractivity contribution in [1.82, 2.24) is 4.98 Å². The summed E-state index contributed by atoms with van der Waals surface area (Å²) in [4.78, 5) is 20.1. The molecule has 1 amide bonds. The van der Waals surface area contributed by atoms with Gasteiger partial charge in [0, 0.05) is 40.4 Å². The van der Waals surface area contributed by atoms with Crippen LogP contribution in [0.15, 0.2) is 52.7 Å². The summed E-state index contributed by atoms with van der Waals surface area (Å²) in [6.07, 6.45) is 2.19. The van der Waals surface area contributed by atoms with E-state index >= 15 is 0 Å². The van der Waals surface area contributed by atoms with E-state index in [1.54, 1.807) is 47.4 Å². The van der Waals surface area contributed by atoms with Gasteiger partial charge in [-0.2, -0.15) is 0 Å². The van der Waals surface area contributed by atoms with Crippen molar-refractivity contribution < 1.29 is 9.18 Å². The number of nitrogens with zero attached hydrogens (tertiary/aromatic N) is 2. The summed E-state index contributed by atoms with van der Waals surface area (Å²) >= 11 is 3.33. The molecule has 3 aromatic rings. The molecule has 1 saturated heterocycles. The molecule has 2 heterocycles. The van der Waals surface area contributed by atoms with Crippen molar-refractivity contribution in [2.24, 2.45) is 0 Å². The molecule has 1 fully saturated rings. The topological polar surface area (TPSA) is 45.2 Å². The van der Waals surface area contributed by atoms with Crippen molar-refractivity contribution in [3.05, 3.63) is 69.9 Å². The molecule has 0 unspecified atom stereocenters. The first-order valence-electron chi connectivity index (χ1n) is 9.58. The van der Waals surface area contributed by atoms with Crippen LogP contribution in [0.25, 0.3) is 0 Å². The average molecular weight is 428 g/mol. The Hall–Kier alpha value is -2.38.